The molecule has 0 fully saturated rings. The Balaban J connectivity index is 2.33. The molecule has 0 aromatic heterocycles. The van der Waals surface area contributed by atoms with E-state index in [9.17, 15) is 0 Å². The fraction of sp³-hybridized carbons (Fsp3) is 0.467. The molecule has 0 radical (unpaired) electrons. The van der Waals surface area contributed by atoms with Crippen LogP contribution in [0.3, 0.4) is 0 Å². The number of hydrogen-bond donors (Lipinski definition) is 2. The Morgan fingerprint density at radius 3 is 2.95 bits per heavy atom. The molecule has 0 bridgehead atoms. The molecule has 1 rings (SSSR count). The van der Waals surface area contributed by atoms with Crippen molar-refractivity contribution in [2.45, 2.75) is 18.6 Å². The van der Waals surface area contributed by atoms with Gasteiger partial charge in [-0.25, -0.2) is 0 Å². The van der Waals surface area contributed by atoms with Gasteiger partial charge >= 0.3 is 0 Å². The van der Waals surface area contributed by atoms with Crippen molar-refractivity contribution in [3.05, 3.63) is 29.8 Å². The van der Waals surface area contributed by atoms with Crippen molar-refractivity contribution in [2.75, 3.05) is 25.6 Å². The lowest BCUT2D eigenvalue weighted by atomic mass is 10.2. The van der Waals surface area contributed by atoms with E-state index in [4.69, 9.17) is 14.9 Å². The number of thioether (sulfide) groups is 1. The van der Waals surface area contributed by atoms with Gasteiger partial charge in [0.25, 0.3) is 0 Å². The molecule has 4 heteroatoms. The second kappa shape index (κ2) is 9.74. The highest BCUT2D eigenvalue weighted by Crippen LogP contribution is 2.16. The predicted octanol–water partition coefficient (Wildman–Crippen LogP) is 1.91. The summed E-state index contributed by atoms with van der Waals surface area (Å²) in [7, 11) is 0. The average molecular weight is 280 g/mol. The molecule has 0 amide bonds. The van der Waals surface area contributed by atoms with E-state index < -0.39 is 0 Å². The van der Waals surface area contributed by atoms with E-state index in [-0.39, 0.29) is 13.2 Å². The first-order valence-corrected chi connectivity index (χ1v) is 7.36. The summed E-state index contributed by atoms with van der Waals surface area (Å²) in [5.41, 5.74) is 0.841. The lowest BCUT2D eigenvalue weighted by molar-refractivity contribution is 0.288. The van der Waals surface area contributed by atoms with Crippen LogP contribution in [0.4, 0.5) is 0 Å². The third-order valence-corrected chi connectivity index (χ3v) is 3.64. The van der Waals surface area contributed by atoms with Gasteiger partial charge in [0.1, 0.15) is 12.4 Å². The molecule has 0 aliphatic heterocycles. The number of hydrogen-bond acceptors (Lipinski definition) is 4. The molecule has 1 aromatic carbocycles. The Morgan fingerprint density at radius 2 is 2.21 bits per heavy atom. The first-order chi connectivity index (χ1) is 9.26. The lowest BCUT2D eigenvalue weighted by Gasteiger charge is -2.10. The number of aliphatic hydroxyl groups excluding tert-OH is 2. The van der Waals surface area contributed by atoms with Crippen LogP contribution in [0.2, 0.25) is 0 Å². The van der Waals surface area contributed by atoms with E-state index in [0.717, 1.165) is 23.5 Å². The van der Waals surface area contributed by atoms with Crippen molar-refractivity contribution >= 4 is 11.8 Å². The average Bonchev–Trinajstić information content (AvgIpc) is 2.42. The highest BCUT2D eigenvalue weighted by Gasteiger charge is 2.01. The maximum Gasteiger partial charge on any atom is 0.120 e. The molecule has 19 heavy (non-hydrogen) atoms. The van der Waals surface area contributed by atoms with Crippen molar-refractivity contribution in [2.24, 2.45) is 0 Å². The monoisotopic (exact) mass is 280 g/mol. The molecule has 0 spiro atoms. The van der Waals surface area contributed by atoms with Crippen LogP contribution in [0.1, 0.15) is 18.9 Å². The fourth-order valence-corrected chi connectivity index (χ4v) is 2.33. The van der Waals surface area contributed by atoms with Gasteiger partial charge in [-0.05, 0) is 24.6 Å². The van der Waals surface area contributed by atoms with E-state index in [1.165, 1.54) is 0 Å². The van der Waals surface area contributed by atoms with E-state index >= 15 is 0 Å². The summed E-state index contributed by atoms with van der Waals surface area (Å²) in [6, 6.07) is 7.53. The van der Waals surface area contributed by atoms with Gasteiger partial charge in [-0.2, -0.15) is 11.8 Å². The summed E-state index contributed by atoms with van der Waals surface area (Å²) in [5.74, 6) is 7.15. The molecule has 3 nitrogen and oxygen atoms in total. The van der Waals surface area contributed by atoms with Crippen LogP contribution in [-0.4, -0.2) is 41.0 Å². The standard InChI is InChI=1S/C15H20O3S/c1-13(7-9-17)19-11-10-18-15-6-2-4-14(12-15)5-3-8-16/h2,4,6,12-13,16-17H,7-11H2,1H3. The zero-order valence-corrected chi connectivity index (χ0v) is 11.9. The maximum atomic E-state index is 8.80. The summed E-state index contributed by atoms with van der Waals surface area (Å²) in [6.45, 7) is 2.84. The molecule has 0 heterocycles. The van der Waals surface area contributed by atoms with Gasteiger partial charge in [0.2, 0.25) is 0 Å². The van der Waals surface area contributed by atoms with Crippen LogP contribution in [0, 0.1) is 11.8 Å². The fourth-order valence-electron chi connectivity index (χ4n) is 1.48. The predicted molar refractivity (Wildman–Crippen MR) is 79.5 cm³/mol. The molecule has 0 saturated heterocycles. The first-order valence-electron chi connectivity index (χ1n) is 6.31. The third-order valence-electron chi connectivity index (χ3n) is 2.44. The maximum absolute atomic E-state index is 8.80. The minimum absolute atomic E-state index is 0.134. The second-order valence-corrected chi connectivity index (χ2v) is 5.58. The van der Waals surface area contributed by atoms with E-state index in [2.05, 4.69) is 18.8 Å². The summed E-state index contributed by atoms with van der Waals surface area (Å²) in [4.78, 5) is 0. The number of aliphatic hydroxyl groups is 2. The van der Waals surface area contributed by atoms with Crippen LogP contribution in [0.25, 0.3) is 0 Å². The highest BCUT2D eigenvalue weighted by molar-refractivity contribution is 7.99. The minimum atomic E-state index is -0.134. The Kier molecular flexibility index (Phi) is 8.15. The molecule has 0 saturated carbocycles. The van der Waals surface area contributed by atoms with Crippen LogP contribution in [-0.2, 0) is 0 Å². The number of ether oxygens (including phenoxy) is 1. The summed E-state index contributed by atoms with van der Waals surface area (Å²) in [5, 5.41) is 17.9. The summed E-state index contributed by atoms with van der Waals surface area (Å²) < 4.78 is 5.64. The van der Waals surface area contributed by atoms with Crippen LogP contribution < -0.4 is 4.74 Å². The minimum Gasteiger partial charge on any atom is -0.493 e. The molecule has 1 atom stereocenters. The summed E-state index contributed by atoms with van der Waals surface area (Å²) >= 11 is 1.79. The molecule has 0 aliphatic carbocycles. The number of rotatable bonds is 7. The van der Waals surface area contributed by atoms with Crippen molar-refractivity contribution in [3.8, 4) is 17.6 Å². The van der Waals surface area contributed by atoms with Gasteiger partial charge in [-0.3, -0.25) is 0 Å². The Labute approximate surface area is 119 Å². The van der Waals surface area contributed by atoms with Gasteiger partial charge in [-0.15, -0.1) is 0 Å². The first kappa shape index (κ1) is 15.9. The molecule has 1 aromatic rings. The second-order valence-electron chi connectivity index (χ2n) is 4.03. The van der Waals surface area contributed by atoms with E-state index in [0.29, 0.717) is 11.9 Å². The zero-order valence-electron chi connectivity index (χ0n) is 11.1. The number of benzene rings is 1. The largest absolute Gasteiger partial charge is 0.493 e. The zero-order chi connectivity index (χ0) is 13.9. The molecule has 2 N–H and O–H groups in total. The summed E-state index contributed by atoms with van der Waals surface area (Å²) in [6.07, 6.45) is 0.816. The molecule has 1 unspecified atom stereocenters. The Morgan fingerprint density at radius 1 is 1.37 bits per heavy atom. The highest BCUT2D eigenvalue weighted by atomic mass is 32.2. The Bertz CT molecular complexity index is 423. The van der Waals surface area contributed by atoms with Gasteiger partial charge < -0.3 is 14.9 Å². The molecule has 104 valence electrons. The van der Waals surface area contributed by atoms with Crippen LogP contribution >= 0.6 is 11.8 Å². The lowest BCUT2D eigenvalue weighted by Crippen LogP contribution is -2.06. The Hall–Kier alpha value is -1.15. The van der Waals surface area contributed by atoms with Gasteiger partial charge in [0, 0.05) is 23.2 Å². The third kappa shape index (κ3) is 7.12. The molecular weight excluding hydrogens is 260 g/mol. The van der Waals surface area contributed by atoms with Crippen LogP contribution in [0.15, 0.2) is 24.3 Å². The topological polar surface area (TPSA) is 49.7 Å². The van der Waals surface area contributed by atoms with E-state index in [1.807, 2.05) is 24.3 Å². The van der Waals surface area contributed by atoms with Crippen molar-refractivity contribution < 1.29 is 14.9 Å². The van der Waals surface area contributed by atoms with Gasteiger partial charge in [0.15, 0.2) is 0 Å². The van der Waals surface area contributed by atoms with E-state index in [1.54, 1.807) is 11.8 Å². The normalized spacial score (nSPS) is 11.5. The quantitative estimate of drug-likeness (QED) is 0.592. The smallest absolute Gasteiger partial charge is 0.120 e. The molecule has 0 aliphatic rings. The van der Waals surface area contributed by atoms with Crippen molar-refractivity contribution in [3.63, 3.8) is 0 Å². The van der Waals surface area contributed by atoms with Crippen molar-refractivity contribution in [1.82, 2.24) is 0 Å². The SMILES string of the molecule is CC(CCO)SCCOc1cccc(C#CCO)c1. The van der Waals surface area contributed by atoms with Gasteiger partial charge in [-0.1, -0.05) is 24.8 Å². The van der Waals surface area contributed by atoms with Crippen LogP contribution in [0.5, 0.6) is 5.75 Å². The molecular formula is C15H20O3S. The van der Waals surface area contributed by atoms with Gasteiger partial charge in [0.05, 0.1) is 6.61 Å². The van der Waals surface area contributed by atoms with Crippen molar-refractivity contribution in [1.29, 1.82) is 0 Å².